The van der Waals surface area contributed by atoms with Crippen LogP contribution in [0.5, 0.6) is 5.75 Å². The zero-order valence-corrected chi connectivity index (χ0v) is 13.2. The Hall–Kier alpha value is -1.06. The molecule has 1 N–H and O–H groups in total. The monoisotopic (exact) mass is 277 g/mol. The number of ether oxygens (including phenoxy) is 2. The van der Waals surface area contributed by atoms with Crippen molar-refractivity contribution < 1.29 is 9.47 Å². The lowest BCUT2D eigenvalue weighted by Gasteiger charge is -2.32. The highest BCUT2D eigenvalue weighted by atomic mass is 16.5. The molecule has 0 amide bonds. The van der Waals surface area contributed by atoms with Crippen LogP contribution in [0, 0.1) is 19.8 Å². The van der Waals surface area contributed by atoms with E-state index in [1.807, 2.05) is 0 Å². The Morgan fingerprint density at radius 1 is 1.25 bits per heavy atom. The standard InChI is InChI=1S/C17H27NO2/c1-5-18-16(14-6-8-20-9-7-14)15-10-12(2)17(19-4)13(3)11-15/h10-11,14,16,18H,5-9H2,1-4H3. The molecule has 1 aliphatic rings. The predicted octanol–water partition coefficient (Wildman–Crippen LogP) is 3.39. The zero-order chi connectivity index (χ0) is 14.5. The van der Waals surface area contributed by atoms with E-state index in [2.05, 4.69) is 38.2 Å². The Morgan fingerprint density at radius 3 is 2.35 bits per heavy atom. The molecule has 1 aromatic rings. The number of hydrogen-bond donors (Lipinski definition) is 1. The van der Waals surface area contributed by atoms with Gasteiger partial charge < -0.3 is 14.8 Å². The third kappa shape index (κ3) is 3.33. The molecule has 0 spiro atoms. The van der Waals surface area contributed by atoms with Crippen LogP contribution in [0.25, 0.3) is 0 Å². The molecule has 1 saturated heterocycles. The maximum atomic E-state index is 5.50. The minimum absolute atomic E-state index is 0.423. The molecular weight excluding hydrogens is 250 g/mol. The fourth-order valence-corrected chi connectivity index (χ4v) is 3.31. The molecule has 1 atom stereocenters. The van der Waals surface area contributed by atoms with Gasteiger partial charge in [0.05, 0.1) is 7.11 Å². The number of methoxy groups -OCH3 is 1. The SMILES string of the molecule is CCNC(c1cc(C)c(OC)c(C)c1)C1CCOCC1. The molecule has 0 radical (unpaired) electrons. The van der Waals surface area contributed by atoms with Crippen molar-refractivity contribution in [1.29, 1.82) is 0 Å². The van der Waals surface area contributed by atoms with Crippen molar-refractivity contribution in [1.82, 2.24) is 5.32 Å². The highest BCUT2D eigenvalue weighted by Crippen LogP contribution is 2.34. The highest BCUT2D eigenvalue weighted by molar-refractivity contribution is 5.44. The first-order valence-electron chi connectivity index (χ1n) is 7.63. The van der Waals surface area contributed by atoms with Gasteiger partial charge in [0.2, 0.25) is 0 Å². The molecule has 1 aromatic carbocycles. The van der Waals surface area contributed by atoms with Crippen LogP contribution in [0.4, 0.5) is 0 Å². The van der Waals surface area contributed by atoms with Gasteiger partial charge >= 0.3 is 0 Å². The van der Waals surface area contributed by atoms with E-state index in [1.165, 1.54) is 16.7 Å². The normalized spacial score (nSPS) is 18.0. The molecule has 1 unspecified atom stereocenters. The van der Waals surface area contributed by atoms with Crippen molar-refractivity contribution in [3.05, 3.63) is 28.8 Å². The van der Waals surface area contributed by atoms with E-state index >= 15 is 0 Å². The lowest BCUT2D eigenvalue weighted by Crippen LogP contribution is -2.32. The second kappa shape index (κ2) is 7.09. The predicted molar refractivity (Wildman–Crippen MR) is 82.4 cm³/mol. The summed E-state index contributed by atoms with van der Waals surface area (Å²) in [6.45, 7) is 9.20. The summed E-state index contributed by atoms with van der Waals surface area (Å²) in [5, 5.41) is 3.66. The Balaban J connectivity index is 2.28. The van der Waals surface area contributed by atoms with Crippen LogP contribution in [0.2, 0.25) is 0 Å². The summed E-state index contributed by atoms with van der Waals surface area (Å²) in [5.41, 5.74) is 3.82. The number of nitrogens with one attached hydrogen (secondary N) is 1. The number of aryl methyl sites for hydroxylation is 2. The molecule has 0 aliphatic carbocycles. The third-order valence-electron chi connectivity index (χ3n) is 4.21. The van der Waals surface area contributed by atoms with E-state index in [9.17, 15) is 0 Å². The van der Waals surface area contributed by atoms with Gasteiger partial charge in [-0.25, -0.2) is 0 Å². The van der Waals surface area contributed by atoms with Gasteiger partial charge in [0, 0.05) is 19.3 Å². The van der Waals surface area contributed by atoms with Crippen LogP contribution >= 0.6 is 0 Å². The quantitative estimate of drug-likeness (QED) is 0.895. The summed E-state index contributed by atoms with van der Waals surface area (Å²) in [6.07, 6.45) is 2.28. The van der Waals surface area contributed by atoms with Crippen LogP contribution in [0.15, 0.2) is 12.1 Å². The summed E-state index contributed by atoms with van der Waals surface area (Å²) in [6, 6.07) is 4.97. The van der Waals surface area contributed by atoms with Crippen molar-refractivity contribution in [3.63, 3.8) is 0 Å². The van der Waals surface area contributed by atoms with Crippen LogP contribution in [-0.2, 0) is 4.74 Å². The average molecular weight is 277 g/mol. The molecular formula is C17H27NO2. The second-order valence-corrected chi connectivity index (χ2v) is 5.67. The van der Waals surface area contributed by atoms with Crippen molar-refractivity contribution in [2.24, 2.45) is 5.92 Å². The Kier molecular flexibility index (Phi) is 5.44. The Morgan fingerprint density at radius 2 is 1.85 bits per heavy atom. The Bertz CT molecular complexity index is 416. The van der Waals surface area contributed by atoms with Crippen molar-refractivity contribution in [3.8, 4) is 5.75 Å². The lowest BCUT2D eigenvalue weighted by atomic mass is 9.85. The van der Waals surface area contributed by atoms with Gasteiger partial charge in [0.25, 0.3) is 0 Å². The minimum atomic E-state index is 0.423. The van der Waals surface area contributed by atoms with E-state index < -0.39 is 0 Å². The molecule has 3 nitrogen and oxygen atoms in total. The molecule has 0 saturated carbocycles. The molecule has 3 heteroatoms. The van der Waals surface area contributed by atoms with Crippen LogP contribution in [-0.4, -0.2) is 26.9 Å². The summed E-state index contributed by atoms with van der Waals surface area (Å²) in [7, 11) is 1.75. The number of rotatable bonds is 5. The van der Waals surface area contributed by atoms with Crippen LogP contribution in [0.1, 0.15) is 42.5 Å². The molecule has 0 bridgehead atoms. The molecule has 20 heavy (non-hydrogen) atoms. The lowest BCUT2D eigenvalue weighted by molar-refractivity contribution is 0.0538. The molecule has 2 rings (SSSR count). The fourth-order valence-electron chi connectivity index (χ4n) is 3.31. The first-order valence-corrected chi connectivity index (χ1v) is 7.63. The second-order valence-electron chi connectivity index (χ2n) is 5.67. The highest BCUT2D eigenvalue weighted by Gasteiger charge is 2.25. The first kappa shape index (κ1) is 15.3. The van der Waals surface area contributed by atoms with E-state index in [0.717, 1.165) is 38.3 Å². The molecule has 112 valence electrons. The van der Waals surface area contributed by atoms with E-state index in [1.54, 1.807) is 7.11 Å². The van der Waals surface area contributed by atoms with Gasteiger partial charge in [0.15, 0.2) is 0 Å². The molecule has 1 aliphatic heterocycles. The molecule has 0 aromatic heterocycles. The third-order valence-corrected chi connectivity index (χ3v) is 4.21. The number of benzene rings is 1. The Labute approximate surface area is 122 Å². The van der Waals surface area contributed by atoms with E-state index in [0.29, 0.717) is 12.0 Å². The molecule has 1 heterocycles. The number of hydrogen-bond acceptors (Lipinski definition) is 3. The topological polar surface area (TPSA) is 30.5 Å². The van der Waals surface area contributed by atoms with Crippen molar-refractivity contribution in [2.75, 3.05) is 26.9 Å². The summed E-state index contributed by atoms with van der Waals surface area (Å²) < 4.78 is 11.0. The van der Waals surface area contributed by atoms with Gasteiger partial charge in [-0.15, -0.1) is 0 Å². The smallest absolute Gasteiger partial charge is 0.124 e. The van der Waals surface area contributed by atoms with Gasteiger partial charge in [-0.1, -0.05) is 19.1 Å². The minimum Gasteiger partial charge on any atom is -0.496 e. The summed E-state index contributed by atoms with van der Waals surface area (Å²) in [4.78, 5) is 0. The average Bonchev–Trinajstić information content (AvgIpc) is 2.45. The van der Waals surface area contributed by atoms with E-state index in [-0.39, 0.29) is 0 Å². The maximum Gasteiger partial charge on any atom is 0.124 e. The van der Waals surface area contributed by atoms with Crippen molar-refractivity contribution in [2.45, 2.75) is 39.7 Å². The van der Waals surface area contributed by atoms with Gasteiger partial charge in [-0.2, -0.15) is 0 Å². The summed E-state index contributed by atoms with van der Waals surface area (Å²) in [5.74, 6) is 1.67. The van der Waals surface area contributed by atoms with Gasteiger partial charge in [-0.3, -0.25) is 0 Å². The van der Waals surface area contributed by atoms with Crippen LogP contribution < -0.4 is 10.1 Å². The summed E-state index contributed by atoms with van der Waals surface area (Å²) >= 11 is 0. The van der Waals surface area contributed by atoms with Crippen LogP contribution in [0.3, 0.4) is 0 Å². The molecule has 1 fully saturated rings. The van der Waals surface area contributed by atoms with Gasteiger partial charge in [0.1, 0.15) is 5.75 Å². The van der Waals surface area contributed by atoms with Gasteiger partial charge in [-0.05, 0) is 55.8 Å². The zero-order valence-electron chi connectivity index (χ0n) is 13.2. The largest absolute Gasteiger partial charge is 0.496 e. The van der Waals surface area contributed by atoms with Crippen molar-refractivity contribution >= 4 is 0 Å². The fraction of sp³-hybridized carbons (Fsp3) is 0.647. The maximum absolute atomic E-state index is 5.50. The first-order chi connectivity index (χ1) is 9.67. The van der Waals surface area contributed by atoms with E-state index in [4.69, 9.17) is 9.47 Å².